The van der Waals surface area contributed by atoms with Gasteiger partial charge in [0.05, 0.1) is 0 Å². The standard InChI is InChI=1S/C2H7NO/c1-2-3-4/h3-4H,2H2,1H3/i1D3. The lowest BCUT2D eigenvalue weighted by molar-refractivity contribution is 0.173. The molecule has 2 heteroatoms. The Morgan fingerprint density at radius 1 is 2.50 bits per heavy atom. The van der Waals surface area contributed by atoms with E-state index >= 15 is 0 Å². The molecule has 0 aliphatic heterocycles. The second-order valence-corrected chi connectivity index (χ2v) is 0.335. The molecule has 0 aromatic rings. The molecule has 0 aliphatic carbocycles. The predicted octanol–water partition coefficient (Wildman–Crippen LogP) is -0.0149. The van der Waals surface area contributed by atoms with Crippen LogP contribution in [0.5, 0.6) is 0 Å². The molecule has 0 radical (unpaired) electrons. The molecule has 2 nitrogen and oxygen atoms in total. The Morgan fingerprint density at radius 3 is 3.25 bits per heavy atom. The van der Waals surface area contributed by atoms with Gasteiger partial charge in [0.25, 0.3) is 0 Å². The van der Waals surface area contributed by atoms with Crippen molar-refractivity contribution in [2.45, 2.75) is 6.85 Å². The highest BCUT2D eigenvalue weighted by Crippen LogP contribution is 1.34. The van der Waals surface area contributed by atoms with Gasteiger partial charge in [0.15, 0.2) is 0 Å². The number of nitrogens with one attached hydrogen (secondary N) is 1. The summed E-state index contributed by atoms with van der Waals surface area (Å²) in [4.78, 5) is 0. The zero-order valence-electron chi connectivity index (χ0n) is 5.15. The van der Waals surface area contributed by atoms with Gasteiger partial charge in [0.2, 0.25) is 0 Å². The van der Waals surface area contributed by atoms with E-state index < -0.39 is 6.85 Å². The number of rotatable bonds is 1. The van der Waals surface area contributed by atoms with Gasteiger partial charge in [-0.1, -0.05) is 6.85 Å². The third kappa shape index (κ3) is 1.92. The first-order valence-electron chi connectivity index (χ1n) is 2.43. The first-order valence-corrected chi connectivity index (χ1v) is 0.931. The summed E-state index contributed by atoms with van der Waals surface area (Å²) in [6, 6.07) is 0. The number of hydrogen-bond donors (Lipinski definition) is 2. The van der Waals surface area contributed by atoms with E-state index in [1.165, 1.54) is 0 Å². The zero-order chi connectivity index (χ0) is 5.91. The minimum Gasteiger partial charge on any atom is -0.317 e. The Hall–Kier alpha value is -0.0800. The van der Waals surface area contributed by atoms with Crippen LogP contribution in [-0.4, -0.2) is 11.8 Å². The molecule has 0 aliphatic rings. The fourth-order valence-electron chi connectivity index (χ4n) is 0. The molecule has 0 fully saturated rings. The molecule has 2 N–H and O–H groups in total. The molecule has 0 heterocycles. The van der Waals surface area contributed by atoms with Gasteiger partial charge < -0.3 is 5.21 Å². The van der Waals surface area contributed by atoms with Gasteiger partial charge in [-0.05, 0) is 0 Å². The number of hydrogen-bond acceptors (Lipinski definition) is 2. The largest absolute Gasteiger partial charge is 0.317 e. The Kier molecular flexibility index (Phi) is 0.696. The molecule has 4 heavy (non-hydrogen) atoms. The van der Waals surface area contributed by atoms with Gasteiger partial charge in [-0.15, -0.1) is 0 Å². The molecule has 0 aromatic carbocycles. The van der Waals surface area contributed by atoms with Crippen LogP contribution in [0.2, 0.25) is 0 Å². The van der Waals surface area contributed by atoms with E-state index in [2.05, 4.69) is 0 Å². The maximum Gasteiger partial charge on any atom is 0.0244 e. The summed E-state index contributed by atoms with van der Waals surface area (Å²) < 4.78 is 19.3. The first-order chi connectivity index (χ1) is 3.06. The van der Waals surface area contributed by atoms with Crippen molar-refractivity contribution in [3.05, 3.63) is 0 Å². The van der Waals surface area contributed by atoms with Crippen molar-refractivity contribution < 1.29 is 9.32 Å². The van der Waals surface area contributed by atoms with Crippen molar-refractivity contribution in [2.75, 3.05) is 6.54 Å². The van der Waals surface area contributed by atoms with Crippen LogP contribution in [0.15, 0.2) is 0 Å². The topological polar surface area (TPSA) is 32.3 Å². The Morgan fingerprint density at radius 2 is 3.25 bits per heavy atom. The quantitative estimate of drug-likeness (QED) is 0.420. The van der Waals surface area contributed by atoms with Gasteiger partial charge in [-0.25, -0.2) is 5.48 Å². The van der Waals surface area contributed by atoms with Crippen molar-refractivity contribution >= 4 is 0 Å². The van der Waals surface area contributed by atoms with E-state index in [-0.39, 0.29) is 6.54 Å². The van der Waals surface area contributed by atoms with E-state index in [0.29, 0.717) is 0 Å². The monoisotopic (exact) mass is 64.1 g/mol. The molecule has 0 bridgehead atoms. The van der Waals surface area contributed by atoms with Gasteiger partial charge >= 0.3 is 0 Å². The van der Waals surface area contributed by atoms with Crippen molar-refractivity contribution in [3.8, 4) is 0 Å². The van der Waals surface area contributed by atoms with E-state index in [4.69, 9.17) is 9.32 Å². The lowest BCUT2D eigenvalue weighted by Gasteiger charge is -1.75. The predicted molar refractivity (Wildman–Crippen MR) is 15.5 cm³/mol. The van der Waals surface area contributed by atoms with E-state index in [1.807, 2.05) is 0 Å². The molecular weight excluding hydrogens is 54.0 g/mol. The molecule has 0 saturated heterocycles. The molecule has 0 spiro atoms. The van der Waals surface area contributed by atoms with Crippen molar-refractivity contribution in [1.82, 2.24) is 5.48 Å². The molecule has 0 saturated carbocycles. The van der Waals surface area contributed by atoms with E-state index in [9.17, 15) is 0 Å². The Bertz CT molecular complexity index is 51.4. The highest BCUT2D eigenvalue weighted by molar-refractivity contribution is 4.04. The third-order valence-corrected chi connectivity index (χ3v) is 0.0791. The van der Waals surface area contributed by atoms with Gasteiger partial charge in [0, 0.05) is 10.7 Å². The van der Waals surface area contributed by atoms with Crippen molar-refractivity contribution in [2.24, 2.45) is 0 Å². The Labute approximate surface area is 29.6 Å². The first kappa shape index (κ1) is 0.954. The fraction of sp³-hybridized carbons (Fsp3) is 1.00. The minimum absolute atomic E-state index is 0.354. The highest BCUT2D eigenvalue weighted by Gasteiger charge is 1.51. The summed E-state index contributed by atoms with van der Waals surface area (Å²) >= 11 is 0. The average molecular weight is 64.1 g/mol. The maximum absolute atomic E-state index is 7.79. The maximum atomic E-state index is 7.79. The highest BCUT2D eigenvalue weighted by atomic mass is 16.5. The van der Waals surface area contributed by atoms with Crippen LogP contribution in [0.1, 0.15) is 11.0 Å². The average Bonchev–Trinajstić information content (AvgIpc) is 1.30. The van der Waals surface area contributed by atoms with E-state index in [0.717, 1.165) is 0 Å². The van der Waals surface area contributed by atoms with Crippen LogP contribution in [0.4, 0.5) is 0 Å². The molecule has 0 amide bonds. The summed E-state index contributed by atoms with van der Waals surface area (Å²) in [5, 5.41) is 7.79. The van der Waals surface area contributed by atoms with Crippen LogP contribution in [0.3, 0.4) is 0 Å². The molecule has 0 rings (SSSR count). The van der Waals surface area contributed by atoms with Gasteiger partial charge in [-0.3, -0.25) is 0 Å². The minimum atomic E-state index is -2.06. The smallest absolute Gasteiger partial charge is 0.0244 e. The summed E-state index contributed by atoms with van der Waals surface area (Å²) in [5.74, 6) is 0. The van der Waals surface area contributed by atoms with Crippen molar-refractivity contribution in [3.63, 3.8) is 0 Å². The van der Waals surface area contributed by atoms with Gasteiger partial charge in [-0.2, -0.15) is 0 Å². The summed E-state index contributed by atoms with van der Waals surface area (Å²) in [6.07, 6.45) is 0. The van der Waals surface area contributed by atoms with E-state index in [1.54, 1.807) is 5.48 Å². The summed E-state index contributed by atoms with van der Waals surface area (Å²) in [5.41, 5.74) is 1.55. The lowest BCUT2D eigenvalue weighted by atomic mass is 10.8. The lowest BCUT2D eigenvalue weighted by Crippen LogP contribution is -2.02. The number of hydroxylamine groups is 1. The second kappa shape index (κ2) is 2.92. The molecule has 0 aromatic heterocycles. The molecule has 0 unspecified atom stereocenters. The summed E-state index contributed by atoms with van der Waals surface area (Å²) in [6.45, 7) is -2.41. The SMILES string of the molecule is [2H]C([2H])([2H])CNO. The van der Waals surface area contributed by atoms with Crippen LogP contribution in [-0.2, 0) is 0 Å². The van der Waals surface area contributed by atoms with Crippen LogP contribution in [0, 0.1) is 0 Å². The van der Waals surface area contributed by atoms with Crippen LogP contribution in [0.25, 0.3) is 0 Å². The van der Waals surface area contributed by atoms with Crippen LogP contribution < -0.4 is 5.48 Å². The second-order valence-electron chi connectivity index (χ2n) is 0.335. The molecule has 0 atom stereocenters. The Balaban J connectivity index is 3.15. The summed E-state index contributed by atoms with van der Waals surface area (Å²) in [7, 11) is 0. The normalized spacial score (nSPS) is 21.8. The van der Waals surface area contributed by atoms with Gasteiger partial charge in [0.1, 0.15) is 0 Å². The fourth-order valence-corrected chi connectivity index (χ4v) is 0. The zero-order valence-corrected chi connectivity index (χ0v) is 2.15. The van der Waals surface area contributed by atoms with Crippen LogP contribution >= 0.6 is 0 Å². The third-order valence-electron chi connectivity index (χ3n) is 0.0791. The van der Waals surface area contributed by atoms with Crippen molar-refractivity contribution in [1.29, 1.82) is 0 Å². The molecule has 26 valence electrons. The molecular formula is C2H7NO.